The molecule has 0 saturated carbocycles. The predicted octanol–water partition coefficient (Wildman–Crippen LogP) is 4.45. The van der Waals surface area contributed by atoms with Crippen LogP contribution >= 0.6 is 0 Å². The molecule has 5 nitrogen and oxygen atoms in total. The number of aliphatic imine (C=N–C) groups is 1. The average molecular weight is 424 g/mol. The Hall–Kier alpha value is -3.18. The van der Waals surface area contributed by atoms with Gasteiger partial charge in [0.15, 0.2) is 11.5 Å². The van der Waals surface area contributed by atoms with E-state index in [4.69, 9.17) is 5.73 Å². The molecular weight excluding hydrogens is 413 g/mol. The summed E-state index contributed by atoms with van der Waals surface area (Å²) < 4.78 is 101. The van der Waals surface area contributed by atoms with Crippen molar-refractivity contribution in [2.45, 2.75) is 25.1 Å². The third-order valence-electron chi connectivity index (χ3n) is 3.62. The van der Waals surface area contributed by atoms with Gasteiger partial charge in [0.1, 0.15) is 11.6 Å². The monoisotopic (exact) mass is 424 g/mol. The Balaban J connectivity index is 1.77. The molecule has 1 aliphatic rings. The van der Waals surface area contributed by atoms with E-state index >= 15 is 0 Å². The SMILES string of the molecule is NC(=NCc1cccc(OC(F)(F)F)c1)c1ccc2c(c1)OC(F)(F)C(F)(F)O2. The zero-order chi connectivity index (χ0) is 21.4. The van der Waals surface area contributed by atoms with Gasteiger partial charge in [0, 0.05) is 5.56 Å². The highest BCUT2D eigenvalue weighted by atomic mass is 19.4. The van der Waals surface area contributed by atoms with Crippen LogP contribution in [-0.4, -0.2) is 24.4 Å². The van der Waals surface area contributed by atoms with Crippen molar-refractivity contribution in [3.63, 3.8) is 0 Å². The van der Waals surface area contributed by atoms with Crippen LogP contribution in [0.5, 0.6) is 17.2 Å². The van der Waals surface area contributed by atoms with Crippen LogP contribution in [0.25, 0.3) is 0 Å². The summed E-state index contributed by atoms with van der Waals surface area (Å²) in [7, 11) is 0. The van der Waals surface area contributed by atoms with Gasteiger partial charge in [-0.25, -0.2) is 0 Å². The molecule has 0 radical (unpaired) electrons. The van der Waals surface area contributed by atoms with Crippen LogP contribution in [0, 0.1) is 0 Å². The molecule has 0 amide bonds. The summed E-state index contributed by atoms with van der Waals surface area (Å²) in [5, 5.41) is 0. The minimum atomic E-state index is -4.89. The summed E-state index contributed by atoms with van der Waals surface area (Å²) in [4.78, 5) is 3.94. The first kappa shape index (κ1) is 20.6. The summed E-state index contributed by atoms with van der Waals surface area (Å²) in [6.45, 7) is -0.163. The second kappa shape index (κ2) is 7.01. The van der Waals surface area contributed by atoms with E-state index in [2.05, 4.69) is 19.2 Å². The zero-order valence-electron chi connectivity index (χ0n) is 14.1. The van der Waals surface area contributed by atoms with Crippen molar-refractivity contribution in [3.8, 4) is 17.2 Å². The van der Waals surface area contributed by atoms with Crippen molar-refractivity contribution < 1.29 is 44.9 Å². The van der Waals surface area contributed by atoms with Crippen LogP contribution in [0.4, 0.5) is 30.7 Å². The Kier molecular flexibility index (Phi) is 4.97. The number of alkyl halides is 7. The van der Waals surface area contributed by atoms with Crippen molar-refractivity contribution >= 4 is 5.84 Å². The summed E-state index contributed by atoms with van der Waals surface area (Å²) in [6.07, 6.45) is -14.6. The lowest BCUT2D eigenvalue weighted by Crippen LogP contribution is -2.52. The number of amidine groups is 1. The van der Waals surface area contributed by atoms with Gasteiger partial charge in [-0.3, -0.25) is 4.99 Å². The number of ether oxygens (including phenoxy) is 3. The lowest BCUT2D eigenvalue weighted by molar-refractivity contribution is -0.391. The minimum Gasteiger partial charge on any atom is -0.421 e. The normalized spacial score (nSPS) is 17.7. The van der Waals surface area contributed by atoms with Gasteiger partial charge in [0.2, 0.25) is 0 Å². The second-order valence-electron chi connectivity index (χ2n) is 5.80. The van der Waals surface area contributed by atoms with Gasteiger partial charge in [-0.2, -0.15) is 17.6 Å². The van der Waals surface area contributed by atoms with Gasteiger partial charge >= 0.3 is 18.6 Å². The van der Waals surface area contributed by atoms with E-state index in [0.717, 1.165) is 24.3 Å². The Morgan fingerprint density at radius 2 is 1.62 bits per heavy atom. The van der Waals surface area contributed by atoms with Crippen LogP contribution < -0.4 is 19.9 Å². The number of benzene rings is 2. The summed E-state index contributed by atoms with van der Waals surface area (Å²) in [5.74, 6) is -1.93. The van der Waals surface area contributed by atoms with E-state index in [0.29, 0.717) is 5.56 Å². The standard InChI is InChI=1S/C17H11F7N2O3/c18-15(19)16(20,21)29-13-7-10(4-5-12(13)28-15)14(25)26-8-9-2-1-3-11(6-9)27-17(22,23)24/h1-7H,8H2,(H2,25,26). The van der Waals surface area contributed by atoms with Crippen LogP contribution in [0.3, 0.4) is 0 Å². The minimum absolute atomic E-state index is 0.0519. The summed E-state index contributed by atoms with van der Waals surface area (Å²) in [6, 6.07) is 8.04. The van der Waals surface area contributed by atoms with Gasteiger partial charge in [-0.05, 0) is 35.9 Å². The number of fused-ring (bicyclic) bond motifs is 1. The Morgan fingerprint density at radius 1 is 0.966 bits per heavy atom. The molecule has 29 heavy (non-hydrogen) atoms. The fourth-order valence-corrected chi connectivity index (χ4v) is 2.34. The first-order valence-corrected chi connectivity index (χ1v) is 7.79. The molecule has 1 aliphatic heterocycles. The smallest absolute Gasteiger partial charge is 0.421 e. The van der Waals surface area contributed by atoms with Gasteiger partial charge in [-0.15, -0.1) is 13.2 Å². The van der Waals surface area contributed by atoms with Gasteiger partial charge in [0.25, 0.3) is 0 Å². The molecule has 2 aromatic rings. The third kappa shape index (κ3) is 4.63. The van der Waals surface area contributed by atoms with E-state index in [9.17, 15) is 30.7 Å². The van der Waals surface area contributed by atoms with Gasteiger partial charge in [0.05, 0.1) is 6.54 Å². The lowest BCUT2D eigenvalue weighted by Gasteiger charge is -2.31. The lowest BCUT2D eigenvalue weighted by atomic mass is 10.1. The van der Waals surface area contributed by atoms with Gasteiger partial charge < -0.3 is 19.9 Å². The van der Waals surface area contributed by atoms with Crippen LogP contribution in [0.1, 0.15) is 11.1 Å². The number of nitrogens with two attached hydrogens (primary N) is 1. The summed E-state index contributed by atoms with van der Waals surface area (Å²) >= 11 is 0. The Labute approximate surface area is 158 Å². The van der Waals surface area contributed by atoms with Crippen molar-refractivity contribution in [1.82, 2.24) is 0 Å². The van der Waals surface area contributed by atoms with Crippen molar-refractivity contribution in [2.24, 2.45) is 10.7 Å². The number of hydrogen-bond acceptors (Lipinski definition) is 4. The molecule has 2 aromatic carbocycles. The van der Waals surface area contributed by atoms with Crippen LogP contribution in [-0.2, 0) is 6.54 Å². The largest absolute Gasteiger partial charge is 0.573 e. The molecule has 0 aromatic heterocycles. The van der Waals surface area contributed by atoms with Crippen molar-refractivity contribution in [1.29, 1.82) is 0 Å². The molecule has 1 heterocycles. The van der Waals surface area contributed by atoms with Crippen LogP contribution in [0.2, 0.25) is 0 Å². The predicted molar refractivity (Wildman–Crippen MR) is 85.1 cm³/mol. The van der Waals surface area contributed by atoms with E-state index < -0.39 is 35.8 Å². The summed E-state index contributed by atoms with van der Waals surface area (Å²) in [5.41, 5.74) is 6.11. The zero-order valence-corrected chi connectivity index (χ0v) is 14.1. The molecule has 0 spiro atoms. The molecule has 0 aliphatic carbocycles. The highest BCUT2D eigenvalue weighted by molar-refractivity contribution is 5.98. The number of nitrogens with zero attached hydrogens (tertiary/aromatic N) is 1. The number of halogens is 7. The maximum Gasteiger partial charge on any atom is 0.573 e. The molecule has 0 atom stereocenters. The quantitative estimate of drug-likeness (QED) is 0.448. The Morgan fingerprint density at radius 3 is 2.28 bits per heavy atom. The molecule has 12 heteroatoms. The van der Waals surface area contributed by atoms with E-state index in [-0.39, 0.29) is 17.9 Å². The van der Waals surface area contributed by atoms with E-state index in [1.165, 1.54) is 18.2 Å². The molecule has 2 N–H and O–H groups in total. The molecule has 0 fully saturated rings. The van der Waals surface area contributed by atoms with E-state index in [1.54, 1.807) is 0 Å². The van der Waals surface area contributed by atoms with Crippen molar-refractivity contribution in [2.75, 3.05) is 0 Å². The fraction of sp³-hybridized carbons (Fsp3) is 0.235. The topological polar surface area (TPSA) is 66.1 Å². The number of rotatable bonds is 4. The first-order chi connectivity index (χ1) is 13.4. The Bertz CT molecular complexity index is 945. The fourth-order valence-electron chi connectivity index (χ4n) is 2.34. The highest BCUT2D eigenvalue weighted by Crippen LogP contribution is 2.47. The molecule has 0 saturated heterocycles. The maximum atomic E-state index is 13.3. The third-order valence-corrected chi connectivity index (χ3v) is 3.62. The van der Waals surface area contributed by atoms with E-state index in [1.807, 2.05) is 0 Å². The molecule has 0 unspecified atom stereocenters. The number of hydrogen-bond donors (Lipinski definition) is 1. The van der Waals surface area contributed by atoms with Crippen LogP contribution in [0.15, 0.2) is 47.5 Å². The first-order valence-electron chi connectivity index (χ1n) is 7.79. The molecular formula is C17H11F7N2O3. The molecule has 3 rings (SSSR count). The maximum absolute atomic E-state index is 13.3. The average Bonchev–Trinajstić information content (AvgIpc) is 2.58. The highest BCUT2D eigenvalue weighted by Gasteiger charge is 2.65. The van der Waals surface area contributed by atoms with Crippen molar-refractivity contribution in [3.05, 3.63) is 53.6 Å². The molecule has 0 bridgehead atoms. The van der Waals surface area contributed by atoms with Gasteiger partial charge in [-0.1, -0.05) is 12.1 Å². The second-order valence-corrected chi connectivity index (χ2v) is 5.80. The molecule has 156 valence electrons.